The number of amidine groups is 1. The fraction of sp³-hybridized carbons (Fsp3) is 0. The van der Waals surface area contributed by atoms with Crippen LogP contribution in [0.2, 0.25) is 0 Å². The third-order valence-corrected chi connectivity index (χ3v) is 3.43. The van der Waals surface area contributed by atoms with Gasteiger partial charge in [-0.1, -0.05) is 0 Å². The molecule has 0 aliphatic carbocycles. The van der Waals surface area contributed by atoms with Gasteiger partial charge in [0, 0.05) is 6.20 Å². The lowest BCUT2D eigenvalue weighted by Crippen LogP contribution is -2.19. The number of pyridine rings is 1. The molecule has 0 radical (unpaired) electrons. The van der Waals surface area contributed by atoms with Gasteiger partial charge in [-0.05, 0) is 12.1 Å². The molecule has 0 amide bonds. The van der Waals surface area contributed by atoms with Crippen molar-refractivity contribution in [3.8, 4) is 0 Å². The molecule has 2 aromatic rings. The van der Waals surface area contributed by atoms with Crippen molar-refractivity contribution in [1.29, 1.82) is 5.41 Å². The summed E-state index contributed by atoms with van der Waals surface area (Å²) < 4.78 is 39.3. The van der Waals surface area contributed by atoms with Gasteiger partial charge in [-0.2, -0.15) is 13.5 Å². The van der Waals surface area contributed by atoms with Gasteiger partial charge in [-0.25, -0.2) is 9.37 Å². The maximum Gasteiger partial charge on any atom is 0.283 e. The molecule has 0 saturated carbocycles. The van der Waals surface area contributed by atoms with Gasteiger partial charge in [0.05, 0.1) is 11.8 Å². The number of nitrogens with two attached hydrogens (primary N) is 1. The Hall–Kier alpha value is -2.49. The lowest BCUT2D eigenvalue weighted by Gasteiger charge is -2.07. The van der Waals surface area contributed by atoms with Crippen molar-refractivity contribution in [2.45, 2.75) is 5.03 Å². The number of nitrogens with one attached hydrogen (secondary N) is 3. The minimum absolute atomic E-state index is 0.0555. The summed E-state index contributed by atoms with van der Waals surface area (Å²) in [5.41, 5.74) is 5.30. The summed E-state index contributed by atoms with van der Waals surface area (Å²) in [6.45, 7) is 0. The van der Waals surface area contributed by atoms with Crippen molar-refractivity contribution < 1.29 is 12.8 Å². The summed E-state index contributed by atoms with van der Waals surface area (Å²) in [7, 11) is -4.23. The highest BCUT2D eigenvalue weighted by Crippen LogP contribution is 2.17. The molecular formula is C9H9FN6O2S. The molecule has 0 saturated heterocycles. The monoisotopic (exact) mass is 284 g/mol. The fourth-order valence-corrected chi connectivity index (χ4v) is 2.37. The molecule has 8 nitrogen and oxygen atoms in total. The zero-order valence-electron chi connectivity index (χ0n) is 9.38. The maximum absolute atomic E-state index is 13.4. The van der Waals surface area contributed by atoms with E-state index in [0.717, 1.165) is 12.3 Å². The number of nitrogen functional groups attached to an aromatic ring is 1. The first kappa shape index (κ1) is 13.0. The largest absolute Gasteiger partial charge is 0.384 e. The Bertz CT molecular complexity index is 726. The van der Waals surface area contributed by atoms with E-state index >= 15 is 0 Å². The molecule has 0 aliphatic heterocycles. The van der Waals surface area contributed by atoms with Crippen LogP contribution in [0.4, 0.5) is 10.2 Å². The van der Waals surface area contributed by atoms with E-state index in [9.17, 15) is 12.8 Å². The number of halogens is 1. The van der Waals surface area contributed by atoms with Crippen LogP contribution in [0.25, 0.3) is 0 Å². The van der Waals surface area contributed by atoms with Gasteiger partial charge in [-0.3, -0.25) is 15.2 Å². The second kappa shape index (κ2) is 4.65. The molecule has 0 aromatic carbocycles. The van der Waals surface area contributed by atoms with E-state index in [4.69, 9.17) is 11.1 Å². The normalized spacial score (nSPS) is 11.2. The predicted octanol–water partition coefficient (Wildman–Crippen LogP) is 0.0287. The standard InChI is InChI=1S/C9H9FN6O2S/c10-6-2-1-3-13-9(6)19(17,18)16-8-5(7(11)12)4-14-15-8/h1-4H,(H3,11,12)(H2,14,15,16). The van der Waals surface area contributed by atoms with E-state index in [1.807, 2.05) is 4.72 Å². The van der Waals surface area contributed by atoms with E-state index in [2.05, 4.69) is 15.2 Å². The number of aromatic nitrogens is 3. The minimum Gasteiger partial charge on any atom is -0.384 e. The van der Waals surface area contributed by atoms with Crippen molar-refractivity contribution in [2.24, 2.45) is 5.73 Å². The minimum atomic E-state index is -4.23. The summed E-state index contributed by atoms with van der Waals surface area (Å²) in [6, 6.07) is 2.24. The maximum atomic E-state index is 13.4. The van der Waals surface area contributed by atoms with E-state index in [0.29, 0.717) is 0 Å². The van der Waals surface area contributed by atoms with Crippen LogP contribution in [0.15, 0.2) is 29.6 Å². The van der Waals surface area contributed by atoms with Crippen LogP contribution in [0.5, 0.6) is 0 Å². The second-order valence-electron chi connectivity index (χ2n) is 3.47. The molecule has 10 heteroatoms. The molecule has 19 heavy (non-hydrogen) atoms. The van der Waals surface area contributed by atoms with Gasteiger partial charge < -0.3 is 5.73 Å². The second-order valence-corrected chi connectivity index (χ2v) is 5.07. The number of H-pyrrole nitrogens is 1. The lowest BCUT2D eigenvalue weighted by molar-refractivity contribution is 0.556. The number of hydrogen-bond acceptors (Lipinski definition) is 5. The van der Waals surface area contributed by atoms with Crippen LogP contribution in [-0.4, -0.2) is 29.4 Å². The number of nitrogens with zero attached hydrogens (tertiary/aromatic N) is 2. The summed E-state index contributed by atoms with van der Waals surface area (Å²) in [5, 5.41) is 12.4. The Kier molecular flexibility index (Phi) is 3.17. The first-order valence-corrected chi connectivity index (χ1v) is 6.41. The molecule has 2 aromatic heterocycles. The molecular weight excluding hydrogens is 275 g/mol. The van der Waals surface area contributed by atoms with Crippen molar-refractivity contribution in [3.63, 3.8) is 0 Å². The van der Waals surface area contributed by atoms with Crippen LogP contribution in [0.1, 0.15) is 5.56 Å². The van der Waals surface area contributed by atoms with Gasteiger partial charge in [-0.15, -0.1) is 0 Å². The SMILES string of the molecule is N=C(N)c1cn[nH]c1NS(=O)(=O)c1ncccc1F. The lowest BCUT2D eigenvalue weighted by atomic mass is 10.3. The summed E-state index contributed by atoms with van der Waals surface area (Å²) in [4.78, 5) is 3.46. The summed E-state index contributed by atoms with van der Waals surface area (Å²) in [6.07, 6.45) is 2.32. The van der Waals surface area contributed by atoms with E-state index in [-0.39, 0.29) is 17.2 Å². The van der Waals surface area contributed by atoms with Gasteiger partial charge in [0.25, 0.3) is 10.0 Å². The van der Waals surface area contributed by atoms with Crippen LogP contribution in [-0.2, 0) is 10.0 Å². The Morgan fingerprint density at radius 2 is 2.26 bits per heavy atom. The van der Waals surface area contributed by atoms with Gasteiger partial charge in [0.15, 0.2) is 5.82 Å². The average molecular weight is 284 g/mol. The van der Waals surface area contributed by atoms with Crippen LogP contribution >= 0.6 is 0 Å². The Labute approximate surface area is 107 Å². The molecule has 100 valence electrons. The average Bonchev–Trinajstić information content (AvgIpc) is 2.76. The molecule has 5 N–H and O–H groups in total. The number of aromatic amines is 1. The number of rotatable bonds is 4. The number of anilines is 1. The van der Waals surface area contributed by atoms with Crippen LogP contribution < -0.4 is 10.5 Å². The fourth-order valence-electron chi connectivity index (χ4n) is 1.32. The third-order valence-electron chi connectivity index (χ3n) is 2.15. The quantitative estimate of drug-likeness (QED) is 0.463. The van der Waals surface area contributed by atoms with Gasteiger partial charge >= 0.3 is 0 Å². The van der Waals surface area contributed by atoms with E-state index < -0.39 is 20.9 Å². The molecule has 0 bridgehead atoms. The Morgan fingerprint density at radius 3 is 2.89 bits per heavy atom. The third kappa shape index (κ3) is 2.52. The Balaban J connectivity index is 2.40. The van der Waals surface area contributed by atoms with Gasteiger partial charge in [0.2, 0.25) is 5.03 Å². The summed E-state index contributed by atoms with van der Waals surface area (Å²) >= 11 is 0. The zero-order chi connectivity index (χ0) is 14.0. The highest BCUT2D eigenvalue weighted by Gasteiger charge is 2.23. The first-order valence-electron chi connectivity index (χ1n) is 4.93. The van der Waals surface area contributed by atoms with Crippen molar-refractivity contribution in [2.75, 3.05) is 4.72 Å². The molecule has 0 spiro atoms. The smallest absolute Gasteiger partial charge is 0.283 e. The summed E-state index contributed by atoms with van der Waals surface area (Å²) in [5.74, 6) is -1.50. The number of sulfonamides is 1. The highest BCUT2D eigenvalue weighted by atomic mass is 32.2. The molecule has 0 unspecified atom stereocenters. The van der Waals surface area contributed by atoms with Crippen LogP contribution in [0.3, 0.4) is 0 Å². The van der Waals surface area contributed by atoms with Gasteiger partial charge in [0.1, 0.15) is 11.7 Å². The molecule has 0 aliphatic rings. The van der Waals surface area contributed by atoms with Crippen molar-refractivity contribution >= 4 is 21.7 Å². The molecule has 0 atom stereocenters. The van der Waals surface area contributed by atoms with E-state index in [1.54, 1.807) is 0 Å². The molecule has 2 heterocycles. The number of hydrogen-bond donors (Lipinski definition) is 4. The predicted molar refractivity (Wildman–Crippen MR) is 64.6 cm³/mol. The zero-order valence-corrected chi connectivity index (χ0v) is 10.2. The van der Waals surface area contributed by atoms with Crippen molar-refractivity contribution in [3.05, 3.63) is 35.9 Å². The highest BCUT2D eigenvalue weighted by molar-refractivity contribution is 7.92. The van der Waals surface area contributed by atoms with Crippen LogP contribution in [0, 0.1) is 11.2 Å². The van der Waals surface area contributed by atoms with Crippen molar-refractivity contribution in [1.82, 2.24) is 15.2 Å². The Morgan fingerprint density at radius 1 is 1.53 bits per heavy atom. The molecule has 2 rings (SSSR count). The topological polar surface area (TPSA) is 138 Å². The molecule has 0 fully saturated rings. The first-order chi connectivity index (χ1) is 8.92. The van der Waals surface area contributed by atoms with E-state index in [1.165, 1.54) is 12.3 Å².